The summed E-state index contributed by atoms with van der Waals surface area (Å²) in [7, 11) is -3.51. The lowest BCUT2D eigenvalue weighted by atomic mass is 10.5. The summed E-state index contributed by atoms with van der Waals surface area (Å²) in [4.78, 5) is 0.937. The van der Waals surface area contributed by atoms with Crippen molar-refractivity contribution in [3.05, 3.63) is 35.7 Å². The summed E-state index contributed by atoms with van der Waals surface area (Å²) in [5, 5.41) is 0.402. The van der Waals surface area contributed by atoms with E-state index in [0.717, 1.165) is 20.0 Å². The molecule has 0 fully saturated rings. The second kappa shape index (κ2) is 5.90. The molecule has 2 aromatic heterocycles. The minimum absolute atomic E-state index is 0.204. The minimum Gasteiger partial charge on any atom is -0.206 e. The van der Waals surface area contributed by atoms with Crippen LogP contribution < -0.4 is 4.72 Å². The first kappa shape index (κ1) is 15.0. The van der Waals surface area contributed by atoms with Crippen molar-refractivity contribution in [3.63, 3.8) is 0 Å². The van der Waals surface area contributed by atoms with Gasteiger partial charge in [-0.25, -0.2) is 13.1 Å². The normalized spacial score (nSPS) is 11.9. The predicted molar refractivity (Wildman–Crippen MR) is 83.1 cm³/mol. The fourth-order valence-corrected chi connectivity index (χ4v) is 6.11. The molecule has 2 rings (SSSR count). The highest BCUT2D eigenvalue weighted by Crippen LogP contribution is 2.34. The third kappa shape index (κ3) is 3.56. The SMILES string of the molecule is O=S(=O)(NCc1ccc(Br)s1)c1cc(Cl)c(Br)s1. The van der Waals surface area contributed by atoms with Gasteiger partial charge in [0.15, 0.2) is 0 Å². The second-order valence-electron chi connectivity index (χ2n) is 3.22. The Morgan fingerprint density at radius 3 is 2.50 bits per heavy atom. The van der Waals surface area contributed by atoms with E-state index in [1.54, 1.807) is 0 Å². The van der Waals surface area contributed by atoms with Gasteiger partial charge < -0.3 is 0 Å². The number of halogens is 3. The molecule has 9 heteroatoms. The number of nitrogens with one attached hydrogen (secondary N) is 1. The van der Waals surface area contributed by atoms with E-state index in [1.807, 2.05) is 12.1 Å². The van der Waals surface area contributed by atoms with Gasteiger partial charge in [-0.15, -0.1) is 22.7 Å². The van der Waals surface area contributed by atoms with Crippen LogP contribution in [0.4, 0.5) is 0 Å². The van der Waals surface area contributed by atoms with E-state index in [1.165, 1.54) is 17.4 Å². The highest BCUT2D eigenvalue weighted by molar-refractivity contribution is 9.11. The van der Waals surface area contributed by atoms with Crippen molar-refractivity contribution < 1.29 is 8.42 Å². The molecule has 0 spiro atoms. The molecule has 0 aliphatic rings. The van der Waals surface area contributed by atoms with Crippen molar-refractivity contribution in [2.24, 2.45) is 0 Å². The Morgan fingerprint density at radius 2 is 2.00 bits per heavy atom. The van der Waals surface area contributed by atoms with E-state index in [2.05, 4.69) is 36.6 Å². The van der Waals surface area contributed by atoms with Crippen LogP contribution in [-0.2, 0) is 16.6 Å². The van der Waals surface area contributed by atoms with Gasteiger partial charge in [-0.05, 0) is 50.1 Å². The van der Waals surface area contributed by atoms with Crippen LogP contribution in [0.2, 0.25) is 5.02 Å². The van der Waals surface area contributed by atoms with Crippen LogP contribution in [0.5, 0.6) is 0 Å². The molecule has 2 heterocycles. The molecule has 0 saturated carbocycles. The van der Waals surface area contributed by atoms with Crippen LogP contribution >= 0.6 is 66.1 Å². The molecular weight excluding hydrogens is 446 g/mol. The van der Waals surface area contributed by atoms with Gasteiger partial charge in [-0.1, -0.05) is 11.6 Å². The van der Waals surface area contributed by atoms with Gasteiger partial charge in [-0.3, -0.25) is 0 Å². The average molecular weight is 452 g/mol. The lowest BCUT2D eigenvalue weighted by molar-refractivity contribution is 0.584. The maximum atomic E-state index is 12.0. The summed E-state index contributed by atoms with van der Waals surface area (Å²) >= 11 is 14.9. The Hall–Kier alpha value is 0.560. The van der Waals surface area contributed by atoms with Crippen LogP contribution in [0.25, 0.3) is 0 Å². The molecule has 0 unspecified atom stereocenters. The highest BCUT2D eigenvalue weighted by atomic mass is 79.9. The first-order valence-electron chi connectivity index (χ1n) is 4.57. The van der Waals surface area contributed by atoms with E-state index in [4.69, 9.17) is 11.6 Å². The molecular formula is C9H6Br2ClNO2S3. The zero-order chi connectivity index (χ0) is 13.3. The molecule has 0 atom stereocenters. The fraction of sp³-hybridized carbons (Fsp3) is 0.111. The Kier molecular flexibility index (Phi) is 4.91. The molecule has 0 amide bonds. The highest BCUT2D eigenvalue weighted by Gasteiger charge is 2.18. The van der Waals surface area contributed by atoms with Crippen molar-refractivity contribution >= 4 is 76.2 Å². The topological polar surface area (TPSA) is 46.2 Å². The van der Waals surface area contributed by atoms with Crippen molar-refractivity contribution in [1.82, 2.24) is 4.72 Å². The van der Waals surface area contributed by atoms with E-state index in [-0.39, 0.29) is 10.8 Å². The van der Waals surface area contributed by atoms with Crippen LogP contribution in [-0.4, -0.2) is 8.42 Å². The number of hydrogen-bond donors (Lipinski definition) is 1. The van der Waals surface area contributed by atoms with Crippen molar-refractivity contribution in [1.29, 1.82) is 0 Å². The number of sulfonamides is 1. The van der Waals surface area contributed by atoms with E-state index >= 15 is 0 Å². The lowest BCUT2D eigenvalue weighted by Crippen LogP contribution is -2.21. The largest absolute Gasteiger partial charge is 0.250 e. The Bertz CT molecular complexity index is 646. The summed E-state index contributed by atoms with van der Waals surface area (Å²) in [6.07, 6.45) is 0. The third-order valence-corrected chi connectivity index (χ3v) is 7.93. The van der Waals surface area contributed by atoms with Gasteiger partial charge in [0.2, 0.25) is 10.0 Å². The maximum Gasteiger partial charge on any atom is 0.250 e. The summed E-state index contributed by atoms with van der Waals surface area (Å²) in [5.74, 6) is 0. The van der Waals surface area contributed by atoms with Crippen molar-refractivity contribution in [3.8, 4) is 0 Å². The van der Waals surface area contributed by atoms with E-state index < -0.39 is 10.0 Å². The predicted octanol–water partition coefficient (Wildman–Crippen LogP) is 4.47. The zero-order valence-corrected chi connectivity index (χ0v) is 15.0. The van der Waals surface area contributed by atoms with Gasteiger partial charge in [0.25, 0.3) is 0 Å². The standard InChI is InChI=1S/C9H6Br2ClNO2S3/c10-7-2-1-5(16-7)4-13-18(14,15)8-3-6(12)9(11)17-8/h1-3,13H,4H2. The molecule has 0 radical (unpaired) electrons. The van der Waals surface area contributed by atoms with Crippen LogP contribution in [0, 0.1) is 0 Å². The van der Waals surface area contributed by atoms with E-state index in [9.17, 15) is 8.42 Å². The molecule has 98 valence electrons. The summed E-state index contributed by atoms with van der Waals surface area (Å²) in [6.45, 7) is 0.270. The first-order valence-corrected chi connectivity index (χ1v) is 9.65. The molecule has 18 heavy (non-hydrogen) atoms. The number of hydrogen-bond acceptors (Lipinski definition) is 4. The molecule has 3 nitrogen and oxygen atoms in total. The van der Waals surface area contributed by atoms with Crippen LogP contribution in [0.15, 0.2) is 30.0 Å². The zero-order valence-electron chi connectivity index (χ0n) is 8.61. The van der Waals surface area contributed by atoms with Gasteiger partial charge in [0.05, 0.1) is 12.6 Å². The van der Waals surface area contributed by atoms with Gasteiger partial charge in [0, 0.05) is 11.4 Å². The van der Waals surface area contributed by atoms with Gasteiger partial charge >= 0.3 is 0 Å². The molecule has 0 saturated heterocycles. The smallest absolute Gasteiger partial charge is 0.206 e. The second-order valence-corrected chi connectivity index (χ2v) is 10.5. The average Bonchev–Trinajstić information content (AvgIpc) is 2.84. The number of thiophene rings is 2. The summed E-state index contributed by atoms with van der Waals surface area (Å²) < 4.78 is 28.3. The Labute approximate surface area is 134 Å². The lowest BCUT2D eigenvalue weighted by Gasteiger charge is -2.02. The fourth-order valence-electron chi connectivity index (χ4n) is 1.14. The Morgan fingerprint density at radius 1 is 1.28 bits per heavy atom. The third-order valence-electron chi connectivity index (χ3n) is 1.95. The maximum absolute atomic E-state index is 12.0. The van der Waals surface area contributed by atoms with Gasteiger partial charge in [-0.2, -0.15) is 0 Å². The molecule has 0 aliphatic carbocycles. The van der Waals surface area contributed by atoms with Gasteiger partial charge in [0.1, 0.15) is 4.21 Å². The molecule has 0 bridgehead atoms. The molecule has 0 aromatic carbocycles. The van der Waals surface area contributed by atoms with E-state index in [0.29, 0.717) is 8.81 Å². The molecule has 0 aliphatic heterocycles. The quantitative estimate of drug-likeness (QED) is 0.746. The monoisotopic (exact) mass is 449 g/mol. The molecule has 2 aromatic rings. The van der Waals surface area contributed by atoms with Crippen LogP contribution in [0.3, 0.4) is 0 Å². The minimum atomic E-state index is -3.51. The molecule has 1 N–H and O–H groups in total. The van der Waals surface area contributed by atoms with Crippen molar-refractivity contribution in [2.75, 3.05) is 0 Å². The number of rotatable bonds is 4. The summed E-state index contributed by atoms with van der Waals surface area (Å²) in [5.41, 5.74) is 0. The first-order chi connectivity index (χ1) is 8.38. The Balaban J connectivity index is 2.12. The van der Waals surface area contributed by atoms with Crippen molar-refractivity contribution in [2.45, 2.75) is 10.8 Å². The van der Waals surface area contributed by atoms with Crippen LogP contribution in [0.1, 0.15) is 4.88 Å². The summed E-state index contributed by atoms with van der Waals surface area (Å²) in [6, 6.07) is 5.18.